The second kappa shape index (κ2) is 10.9. The van der Waals surface area contributed by atoms with Gasteiger partial charge in [-0.2, -0.15) is 4.98 Å². The van der Waals surface area contributed by atoms with Gasteiger partial charge in [0.1, 0.15) is 6.10 Å². The van der Waals surface area contributed by atoms with Crippen LogP contribution in [0.2, 0.25) is 0 Å². The minimum Gasteiger partial charge on any atom is -0.467 e. The normalized spacial score (nSPS) is 16.5. The van der Waals surface area contributed by atoms with E-state index >= 15 is 0 Å². The molecule has 40 heavy (non-hydrogen) atoms. The first kappa shape index (κ1) is 27.6. The molecular formula is C32H36N4O3S. The lowest BCUT2D eigenvalue weighted by Crippen LogP contribution is -2.21. The first-order valence-corrected chi connectivity index (χ1v) is 15.0. The Balaban J connectivity index is 1.57. The number of ether oxygens (including phenoxy) is 1. The molecule has 0 fully saturated rings. The first-order valence-electron chi connectivity index (χ1n) is 13.5. The van der Waals surface area contributed by atoms with Gasteiger partial charge in [-0.25, -0.2) is 18.1 Å². The van der Waals surface area contributed by atoms with Crippen molar-refractivity contribution < 1.29 is 13.2 Å². The number of sulfonamides is 1. The zero-order valence-corrected chi connectivity index (χ0v) is 24.5. The van der Waals surface area contributed by atoms with E-state index in [0.29, 0.717) is 17.9 Å². The molecule has 7 nitrogen and oxygen atoms in total. The smallest absolute Gasteiger partial charge is 0.264 e. The summed E-state index contributed by atoms with van der Waals surface area (Å²) in [5.74, 6) is 0.253. The molecule has 1 aromatic heterocycles. The van der Waals surface area contributed by atoms with Gasteiger partial charge in [0.15, 0.2) is 0 Å². The maximum Gasteiger partial charge on any atom is 0.264 e. The molecule has 3 aromatic carbocycles. The molecule has 0 radical (unpaired) electrons. The predicted molar refractivity (Wildman–Crippen MR) is 160 cm³/mol. The fourth-order valence-corrected chi connectivity index (χ4v) is 5.82. The van der Waals surface area contributed by atoms with Crippen LogP contribution in [0.3, 0.4) is 0 Å². The van der Waals surface area contributed by atoms with Crippen LogP contribution in [0.1, 0.15) is 55.5 Å². The second-order valence-corrected chi connectivity index (χ2v) is 13.3. The van der Waals surface area contributed by atoms with E-state index in [1.807, 2.05) is 38.1 Å². The van der Waals surface area contributed by atoms with Gasteiger partial charge in [-0.15, -0.1) is 0 Å². The Kier molecular flexibility index (Phi) is 7.55. The van der Waals surface area contributed by atoms with Crippen molar-refractivity contribution in [3.8, 4) is 17.1 Å². The molecule has 208 valence electrons. The molecule has 4 bridgehead atoms. The van der Waals surface area contributed by atoms with Crippen molar-refractivity contribution in [1.29, 1.82) is 0 Å². The number of rotatable bonds is 4. The Morgan fingerprint density at radius 3 is 2.33 bits per heavy atom. The molecule has 0 spiro atoms. The van der Waals surface area contributed by atoms with Gasteiger partial charge in [0.05, 0.1) is 17.1 Å². The van der Waals surface area contributed by atoms with Crippen LogP contribution < -0.4 is 14.8 Å². The number of fused-ring (bicyclic) bond motifs is 4. The summed E-state index contributed by atoms with van der Waals surface area (Å²) in [6.45, 7) is 11.2. The van der Waals surface area contributed by atoms with Gasteiger partial charge in [-0.05, 0) is 72.6 Å². The van der Waals surface area contributed by atoms with Gasteiger partial charge in [-0.1, -0.05) is 69.3 Å². The van der Waals surface area contributed by atoms with Crippen molar-refractivity contribution in [3.05, 3.63) is 95.1 Å². The second-order valence-electron chi connectivity index (χ2n) is 11.6. The number of nitrogens with one attached hydrogen (secondary N) is 2. The highest BCUT2D eigenvalue weighted by Crippen LogP contribution is 2.32. The summed E-state index contributed by atoms with van der Waals surface area (Å²) < 4.78 is 35.5. The quantitative estimate of drug-likeness (QED) is 0.279. The summed E-state index contributed by atoms with van der Waals surface area (Å²) in [4.78, 5) is 9.22. The molecule has 8 heteroatoms. The Morgan fingerprint density at radius 1 is 0.925 bits per heavy atom. The van der Waals surface area contributed by atoms with Gasteiger partial charge in [0.2, 0.25) is 11.8 Å². The largest absolute Gasteiger partial charge is 0.467 e. The van der Waals surface area contributed by atoms with E-state index in [0.717, 1.165) is 35.1 Å². The predicted octanol–water partition coefficient (Wildman–Crippen LogP) is 7.09. The summed E-state index contributed by atoms with van der Waals surface area (Å²) in [5, 5.41) is 3.36. The van der Waals surface area contributed by atoms with Crippen molar-refractivity contribution >= 4 is 21.7 Å². The third-order valence-corrected chi connectivity index (χ3v) is 8.41. The molecule has 0 saturated carbocycles. The molecular weight excluding hydrogens is 520 g/mol. The summed E-state index contributed by atoms with van der Waals surface area (Å²) in [5.41, 5.74) is 6.79. The number of hydrogen-bond acceptors (Lipinski definition) is 6. The number of nitrogens with zero attached hydrogens (tertiary/aromatic N) is 2. The van der Waals surface area contributed by atoms with Gasteiger partial charge in [0.25, 0.3) is 10.0 Å². The first-order chi connectivity index (χ1) is 19.0. The molecule has 1 aliphatic heterocycles. The van der Waals surface area contributed by atoms with Gasteiger partial charge < -0.3 is 10.1 Å². The SMILES string of the molecule is Cc1cccc(C)c1-c1cc2nc(n1)NS(=O)(=O)c1cccc(c1)NCC(c1ccc(CCC(C)(C)C)cc1)O2. The molecule has 1 aliphatic rings. The van der Waals surface area contributed by atoms with Crippen LogP contribution in [0, 0.1) is 19.3 Å². The average Bonchev–Trinajstić information content (AvgIpc) is 2.89. The molecule has 0 amide bonds. The van der Waals surface area contributed by atoms with Crippen molar-refractivity contribution in [2.24, 2.45) is 5.41 Å². The topological polar surface area (TPSA) is 93.2 Å². The lowest BCUT2D eigenvalue weighted by molar-refractivity contribution is 0.210. The van der Waals surface area contributed by atoms with E-state index in [4.69, 9.17) is 4.74 Å². The Bertz CT molecular complexity index is 1610. The van der Waals surface area contributed by atoms with Crippen LogP contribution in [0.5, 0.6) is 5.88 Å². The molecule has 0 aliphatic carbocycles. The number of aryl methyl sites for hydroxylation is 3. The highest BCUT2D eigenvalue weighted by molar-refractivity contribution is 7.92. The Hall–Kier alpha value is -3.91. The van der Waals surface area contributed by atoms with E-state index in [9.17, 15) is 8.42 Å². The van der Waals surface area contributed by atoms with E-state index in [-0.39, 0.29) is 28.2 Å². The van der Waals surface area contributed by atoms with E-state index in [1.54, 1.807) is 24.3 Å². The summed E-state index contributed by atoms with van der Waals surface area (Å²) in [6.07, 6.45) is 1.73. The number of anilines is 2. The minimum atomic E-state index is -3.92. The number of aromatic nitrogens is 2. The number of benzene rings is 3. The summed E-state index contributed by atoms with van der Waals surface area (Å²) in [7, 11) is -3.92. The van der Waals surface area contributed by atoms with Crippen molar-refractivity contribution in [2.45, 2.75) is 58.5 Å². The van der Waals surface area contributed by atoms with Crippen LogP contribution in [0.4, 0.5) is 11.6 Å². The van der Waals surface area contributed by atoms with Crippen LogP contribution in [-0.4, -0.2) is 24.9 Å². The van der Waals surface area contributed by atoms with Crippen molar-refractivity contribution in [1.82, 2.24) is 9.97 Å². The van der Waals surface area contributed by atoms with Gasteiger partial charge in [-0.3, -0.25) is 0 Å². The lowest BCUT2D eigenvalue weighted by atomic mass is 9.88. The molecule has 2 heterocycles. The molecule has 2 N–H and O–H groups in total. The minimum absolute atomic E-state index is 0.0367. The Labute approximate surface area is 237 Å². The highest BCUT2D eigenvalue weighted by atomic mass is 32.2. The van der Waals surface area contributed by atoms with Crippen LogP contribution in [0.15, 0.2) is 77.7 Å². The summed E-state index contributed by atoms with van der Waals surface area (Å²) in [6, 6.07) is 23.0. The van der Waals surface area contributed by atoms with E-state index < -0.39 is 10.0 Å². The van der Waals surface area contributed by atoms with Gasteiger partial charge >= 0.3 is 0 Å². The molecule has 1 unspecified atom stereocenters. The molecule has 1 atom stereocenters. The lowest BCUT2D eigenvalue weighted by Gasteiger charge is -2.23. The van der Waals surface area contributed by atoms with Crippen molar-refractivity contribution in [2.75, 3.05) is 16.6 Å². The zero-order valence-electron chi connectivity index (χ0n) is 23.7. The zero-order chi connectivity index (χ0) is 28.5. The molecule has 5 rings (SSSR count). The van der Waals surface area contributed by atoms with Crippen molar-refractivity contribution in [3.63, 3.8) is 0 Å². The standard InChI is InChI=1S/C32H36N4O3S/c1-21-8-6-9-22(2)30(21)27-19-29-35-31(34-27)36-40(37,38)26-11-7-10-25(18-26)33-20-28(39-29)24-14-12-23(13-15-24)16-17-32(3,4)5/h6-15,18-19,28,33H,16-17,20H2,1-5H3,(H,34,35,36). The monoisotopic (exact) mass is 556 g/mol. The maximum atomic E-state index is 13.2. The highest BCUT2D eigenvalue weighted by Gasteiger charge is 2.23. The molecule has 4 aromatic rings. The van der Waals surface area contributed by atoms with E-state index in [2.05, 4.69) is 65.0 Å². The third-order valence-electron chi connectivity index (χ3n) is 7.08. The summed E-state index contributed by atoms with van der Waals surface area (Å²) >= 11 is 0. The Morgan fingerprint density at radius 2 is 1.62 bits per heavy atom. The fraction of sp³-hybridized carbons (Fsp3) is 0.312. The van der Waals surface area contributed by atoms with E-state index in [1.165, 1.54) is 5.56 Å². The fourth-order valence-electron chi connectivity index (χ4n) is 4.83. The molecule has 0 saturated heterocycles. The number of hydrogen-bond donors (Lipinski definition) is 2. The third kappa shape index (κ3) is 6.45. The van der Waals surface area contributed by atoms with Crippen LogP contribution >= 0.6 is 0 Å². The maximum absolute atomic E-state index is 13.2. The van der Waals surface area contributed by atoms with Gasteiger partial charge in [0, 0.05) is 17.3 Å². The average molecular weight is 557 g/mol. The van der Waals surface area contributed by atoms with Crippen LogP contribution in [0.25, 0.3) is 11.3 Å². The van der Waals surface area contributed by atoms with Crippen LogP contribution in [-0.2, 0) is 16.4 Å².